The third-order valence-electron chi connectivity index (χ3n) is 6.02. The van der Waals surface area contributed by atoms with Gasteiger partial charge in [-0.2, -0.15) is 0 Å². The monoisotopic (exact) mass is 508 g/mol. The number of aliphatic hydroxyl groups is 1. The van der Waals surface area contributed by atoms with E-state index in [2.05, 4.69) is 31.2 Å². The minimum Gasteiger partial charge on any atom is -0.483 e. The second kappa shape index (κ2) is 19.0. The van der Waals surface area contributed by atoms with E-state index in [-0.39, 0.29) is 0 Å². The Morgan fingerprint density at radius 3 is 2.53 bits per heavy atom. The highest BCUT2D eigenvalue weighted by molar-refractivity contribution is 5.72. The number of ether oxygens (including phenoxy) is 3. The Morgan fingerprint density at radius 1 is 1.22 bits per heavy atom. The summed E-state index contributed by atoms with van der Waals surface area (Å²) in [5.41, 5.74) is -0.446. The van der Waals surface area contributed by atoms with Gasteiger partial charge in [-0.1, -0.05) is 39.7 Å². The van der Waals surface area contributed by atoms with Gasteiger partial charge in [0.2, 0.25) is 5.90 Å². The average molecular weight is 509 g/mol. The van der Waals surface area contributed by atoms with E-state index in [1.54, 1.807) is 25.1 Å². The van der Waals surface area contributed by atoms with E-state index in [1.807, 2.05) is 13.0 Å². The average Bonchev–Trinajstić information content (AvgIpc) is 2.87. The summed E-state index contributed by atoms with van der Waals surface area (Å²) in [4.78, 5) is 16.6. The first-order valence-electron chi connectivity index (χ1n) is 13.4. The molecule has 1 fully saturated rings. The van der Waals surface area contributed by atoms with Gasteiger partial charge in [0.25, 0.3) is 0 Å². The fourth-order valence-electron chi connectivity index (χ4n) is 3.42. The van der Waals surface area contributed by atoms with Gasteiger partial charge in [-0.25, -0.2) is 0 Å². The van der Waals surface area contributed by atoms with Crippen LogP contribution in [0.5, 0.6) is 11.5 Å². The predicted molar refractivity (Wildman–Crippen MR) is 144 cm³/mol. The fraction of sp³-hybridized carbons (Fsp3) is 0.714. The third kappa shape index (κ3) is 15.1. The number of carbonyl (C=O) groups is 1. The number of benzene rings is 1. The predicted octanol–water partition coefficient (Wildman–Crippen LogP) is 5.13. The molecule has 8 nitrogen and oxygen atoms in total. The smallest absolute Gasteiger partial charge is 0.223 e. The van der Waals surface area contributed by atoms with E-state index in [4.69, 9.17) is 19.0 Å². The number of nitrogens with zero attached hydrogens (tertiary/aromatic N) is 1. The molecule has 2 N–H and O–H groups in total. The normalized spacial score (nSPS) is 16.8. The number of hydrogen-bond acceptors (Lipinski definition) is 8. The molecule has 0 bridgehead atoms. The number of rotatable bonds is 15. The lowest BCUT2D eigenvalue weighted by Crippen LogP contribution is -2.32. The van der Waals surface area contributed by atoms with Crippen LogP contribution in [0.2, 0.25) is 0 Å². The summed E-state index contributed by atoms with van der Waals surface area (Å²) < 4.78 is 16.5. The van der Waals surface area contributed by atoms with Gasteiger partial charge < -0.3 is 29.5 Å². The van der Waals surface area contributed by atoms with Gasteiger partial charge >= 0.3 is 0 Å². The van der Waals surface area contributed by atoms with Crippen LogP contribution in [0.25, 0.3) is 0 Å². The van der Waals surface area contributed by atoms with Crippen LogP contribution in [-0.2, 0) is 14.3 Å². The summed E-state index contributed by atoms with van der Waals surface area (Å²) in [6.07, 6.45) is 6.81. The van der Waals surface area contributed by atoms with E-state index < -0.39 is 11.7 Å². The minimum absolute atomic E-state index is 0.433. The minimum atomic E-state index is -0.446. The second-order valence-corrected chi connectivity index (χ2v) is 9.45. The van der Waals surface area contributed by atoms with Crippen molar-refractivity contribution < 1.29 is 28.9 Å². The Balaban J connectivity index is 0.000000681. The highest BCUT2D eigenvalue weighted by atomic mass is 16.6. The topological polar surface area (TPSA) is 98.6 Å². The van der Waals surface area contributed by atoms with E-state index in [0.29, 0.717) is 49.6 Å². The lowest BCUT2D eigenvalue weighted by atomic mass is 9.98. The number of hydrogen-bond donors (Lipinski definition) is 2. The molecule has 0 radical (unpaired) electrons. The van der Waals surface area contributed by atoms with Gasteiger partial charge in [-0.05, 0) is 75.3 Å². The molecular weight excluding hydrogens is 460 g/mol. The van der Waals surface area contributed by atoms with E-state index in [0.717, 1.165) is 57.9 Å². The van der Waals surface area contributed by atoms with Crippen LogP contribution >= 0.6 is 0 Å². The summed E-state index contributed by atoms with van der Waals surface area (Å²) >= 11 is 0. The number of nitrogens with one attached hydrogen (secondary N) is 1. The molecular formula is C28H48N2O6. The molecule has 0 aromatic heterocycles. The van der Waals surface area contributed by atoms with Gasteiger partial charge in [0.1, 0.15) is 5.75 Å². The molecule has 2 unspecified atom stereocenters. The van der Waals surface area contributed by atoms with Crippen molar-refractivity contribution in [3.8, 4) is 11.5 Å². The first-order valence-corrected chi connectivity index (χ1v) is 13.4. The van der Waals surface area contributed by atoms with Gasteiger partial charge in [0.15, 0.2) is 18.1 Å². The van der Waals surface area contributed by atoms with Crippen LogP contribution in [0.3, 0.4) is 0 Å². The molecule has 1 aromatic carbocycles. The Labute approximate surface area is 217 Å². The zero-order chi connectivity index (χ0) is 26.7. The summed E-state index contributed by atoms with van der Waals surface area (Å²) in [6, 6.07) is 7.13. The zero-order valence-corrected chi connectivity index (χ0v) is 23.0. The summed E-state index contributed by atoms with van der Waals surface area (Å²) in [6.45, 7) is 14.0. The van der Waals surface area contributed by atoms with Crippen LogP contribution in [-0.4, -0.2) is 61.9 Å². The molecule has 2 atom stereocenters. The highest BCUT2D eigenvalue weighted by Crippen LogP contribution is 2.22. The van der Waals surface area contributed by atoms with Crippen LogP contribution in [0.4, 0.5) is 0 Å². The van der Waals surface area contributed by atoms with Crippen LogP contribution in [0, 0.1) is 5.92 Å². The van der Waals surface area contributed by atoms with Crippen molar-refractivity contribution >= 4 is 12.2 Å². The molecule has 0 aliphatic carbocycles. The van der Waals surface area contributed by atoms with Gasteiger partial charge in [-0.3, -0.25) is 4.79 Å². The molecule has 1 aromatic rings. The maximum Gasteiger partial charge on any atom is 0.223 e. The van der Waals surface area contributed by atoms with E-state index in [1.165, 1.54) is 0 Å². The van der Waals surface area contributed by atoms with Crippen molar-refractivity contribution in [2.24, 2.45) is 11.1 Å². The van der Waals surface area contributed by atoms with Crippen molar-refractivity contribution in [1.82, 2.24) is 5.32 Å². The van der Waals surface area contributed by atoms with Gasteiger partial charge in [0.05, 0.1) is 12.2 Å². The Bertz CT molecular complexity index is 733. The second-order valence-electron chi connectivity index (χ2n) is 9.45. The number of carbonyl (C=O) groups excluding carboxylic acids is 1. The quantitative estimate of drug-likeness (QED) is 0.111. The lowest BCUT2D eigenvalue weighted by Gasteiger charge is -2.27. The molecule has 0 spiro atoms. The largest absolute Gasteiger partial charge is 0.483 e. The molecule has 1 heterocycles. The van der Waals surface area contributed by atoms with Crippen LogP contribution < -0.4 is 14.9 Å². The Morgan fingerprint density at radius 2 is 1.94 bits per heavy atom. The SMILES string of the molecule is CC1(O)CCOCC1.CCCCC(C=O)Oc1cccc(O/N=C(\C)OCC(CC)CCNCC)c1. The van der Waals surface area contributed by atoms with E-state index in [9.17, 15) is 9.90 Å². The molecule has 206 valence electrons. The van der Waals surface area contributed by atoms with Crippen molar-refractivity contribution in [1.29, 1.82) is 0 Å². The molecule has 0 amide bonds. The van der Waals surface area contributed by atoms with Gasteiger partial charge in [-0.15, -0.1) is 0 Å². The number of unbranched alkanes of at least 4 members (excludes halogenated alkanes) is 1. The number of oxime groups is 1. The van der Waals surface area contributed by atoms with Crippen LogP contribution in [0.1, 0.15) is 79.6 Å². The molecule has 1 saturated heterocycles. The molecule has 1 aliphatic rings. The number of aldehydes is 1. The summed E-state index contributed by atoms with van der Waals surface area (Å²) in [7, 11) is 0. The molecule has 1 aliphatic heterocycles. The third-order valence-corrected chi connectivity index (χ3v) is 6.02. The molecule has 2 rings (SSSR count). The van der Waals surface area contributed by atoms with Crippen molar-refractivity contribution in [3.63, 3.8) is 0 Å². The maximum absolute atomic E-state index is 11.2. The molecule has 0 saturated carbocycles. The summed E-state index contributed by atoms with van der Waals surface area (Å²) in [5.74, 6) is 2.11. The maximum atomic E-state index is 11.2. The van der Waals surface area contributed by atoms with E-state index >= 15 is 0 Å². The highest BCUT2D eigenvalue weighted by Gasteiger charge is 2.23. The standard InChI is InChI=1S/C22H36N2O4.C6H12O2/c1-5-8-10-22(16-25)27-20-11-9-12-21(15-20)28-24-18(4)26-17-19(6-2)13-14-23-7-3;1-6(7)2-4-8-5-3-6/h9,11-12,15-16,19,22-23H,5-8,10,13-14,17H2,1-4H3;7H,2-5H2,1H3/b24-18+;. The zero-order valence-electron chi connectivity index (χ0n) is 23.0. The Kier molecular flexibility index (Phi) is 16.8. The van der Waals surface area contributed by atoms with Crippen LogP contribution in [0.15, 0.2) is 29.4 Å². The molecule has 36 heavy (non-hydrogen) atoms. The fourth-order valence-corrected chi connectivity index (χ4v) is 3.42. The van der Waals surface area contributed by atoms with Crippen molar-refractivity contribution in [2.75, 3.05) is 32.9 Å². The molecule has 8 heteroatoms. The first-order chi connectivity index (χ1) is 17.3. The summed E-state index contributed by atoms with van der Waals surface area (Å²) in [5, 5.41) is 16.7. The lowest BCUT2D eigenvalue weighted by molar-refractivity contribution is -0.114. The first kappa shape index (κ1) is 31.9. The van der Waals surface area contributed by atoms with Crippen molar-refractivity contribution in [3.05, 3.63) is 24.3 Å². The van der Waals surface area contributed by atoms with Gasteiger partial charge in [0, 0.05) is 26.2 Å². The van der Waals surface area contributed by atoms with Crippen molar-refractivity contribution in [2.45, 2.75) is 91.3 Å². The Hall–Kier alpha value is -2.16.